The first-order valence-corrected chi connectivity index (χ1v) is 7.33. The number of aromatic nitrogens is 4. The van der Waals surface area contributed by atoms with E-state index in [0.29, 0.717) is 5.75 Å². The van der Waals surface area contributed by atoms with Crippen LogP contribution < -0.4 is 10.1 Å². The molecule has 1 aliphatic rings. The Kier molecular flexibility index (Phi) is 2.84. The van der Waals surface area contributed by atoms with Gasteiger partial charge in [0.05, 0.1) is 7.11 Å². The Hall–Kier alpha value is -2.96. The first-order chi connectivity index (χ1) is 11.1. The smallest absolute Gasteiger partial charge is 0.160 e. The van der Waals surface area contributed by atoms with Crippen molar-refractivity contribution in [3.05, 3.63) is 46.3 Å². The molecule has 1 aromatic carbocycles. The van der Waals surface area contributed by atoms with Gasteiger partial charge in [-0.15, -0.1) is 0 Å². The molecule has 7 heteroatoms. The van der Waals surface area contributed by atoms with Gasteiger partial charge in [0.25, 0.3) is 0 Å². The fraction of sp³-hybridized carbons (Fsp3) is 0.250. The SMILES string of the molecule is COc1cc(C2c3c(n[nH]c3C)Nc3n[nH]c(C)c32)ccc1O. The summed E-state index contributed by atoms with van der Waals surface area (Å²) < 4.78 is 5.26. The Morgan fingerprint density at radius 1 is 1.04 bits per heavy atom. The summed E-state index contributed by atoms with van der Waals surface area (Å²) in [5.74, 6) is 2.09. The van der Waals surface area contributed by atoms with E-state index >= 15 is 0 Å². The van der Waals surface area contributed by atoms with Crippen LogP contribution in [0.3, 0.4) is 0 Å². The Labute approximate surface area is 132 Å². The minimum Gasteiger partial charge on any atom is -0.504 e. The average Bonchev–Trinajstić information content (AvgIpc) is 3.10. The number of ether oxygens (including phenoxy) is 1. The number of fused-ring (bicyclic) bond motifs is 2. The van der Waals surface area contributed by atoms with Crippen LogP contribution in [-0.4, -0.2) is 32.6 Å². The van der Waals surface area contributed by atoms with E-state index in [1.54, 1.807) is 13.2 Å². The minimum absolute atomic E-state index is 0.0340. The van der Waals surface area contributed by atoms with Crippen LogP contribution in [0.5, 0.6) is 11.5 Å². The lowest BCUT2D eigenvalue weighted by Gasteiger charge is -2.25. The summed E-state index contributed by atoms with van der Waals surface area (Å²) in [6.45, 7) is 4.00. The van der Waals surface area contributed by atoms with E-state index in [-0.39, 0.29) is 11.7 Å². The van der Waals surface area contributed by atoms with Crippen LogP contribution in [0.25, 0.3) is 0 Å². The Morgan fingerprint density at radius 2 is 1.65 bits per heavy atom. The van der Waals surface area contributed by atoms with E-state index in [2.05, 4.69) is 25.7 Å². The summed E-state index contributed by atoms with van der Waals surface area (Å²) >= 11 is 0. The number of aromatic hydroxyl groups is 1. The Bertz CT molecular complexity index is 850. The number of phenols is 1. The molecule has 2 aromatic heterocycles. The molecule has 0 aliphatic carbocycles. The number of aryl methyl sites for hydroxylation is 2. The predicted octanol–water partition coefficient (Wildman–Crippen LogP) is 2.70. The zero-order valence-electron chi connectivity index (χ0n) is 13.1. The molecule has 0 saturated carbocycles. The molecule has 4 rings (SSSR count). The number of nitrogens with one attached hydrogen (secondary N) is 3. The van der Waals surface area contributed by atoms with Gasteiger partial charge >= 0.3 is 0 Å². The summed E-state index contributed by atoms with van der Waals surface area (Å²) in [7, 11) is 1.55. The van der Waals surface area contributed by atoms with Gasteiger partial charge in [0.15, 0.2) is 23.1 Å². The van der Waals surface area contributed by atoms with Crippen LogP contribution in [0.15, 0.2) is 18.2 Å². The van der Waals surface area contributed by atoms with Gasteiger partial charge in [0, 0.05) is 28.4 Å². The fourth-order valence-electron chi connectivity index (χ4n) is 3.24. The third-order valence-electron chi connectivity index (χ3n) is 4.34. The third kappa shape index (κ3) is 1.89. The van der Waals surface area contributed by atoms with Crippen molar-refractivity contribution >= 4 is 11.6 Å². The van der Waals surface area contributed by atoms with Crippen LogP contribution in [-0.2, 0) is 0 Å². The first-order valence-electron chi connectivity index (χ1n) is 7.33. The number of nitrogens with zero attached hydrogens (tertiary/aromatic N) is 2. The maximum atomic E-state index is 9.88. The molecule has 0 unspecified atom stereocenters. The molecule has 3 aromatic rings. The maximum absolute atomic E-state index is 9.88. The van der Waals surface area contributed by atoms with Crippen molar-refractivity contribution in [3.63, 3.8) is 0 Å². The van der Waals surface area contributed by atoms with Gasteiger partial charge in [-0.3, -0.25) is 10.2 Å². The van der Waals surface area contributed by atoms with E-state index in [1.807, 2.05) is 26.0 Å². The number of H-pyrrole nitrogens is 2. The molecule has 23 heavy (non-hydrogen) atoms. The number of methoxy groups -OCH3 is 1. The first kappa shape index (κ1) is 13.7. The van der Waals surface area contributed by atoms with Crippen molar-refractivity contribution < 1.29 is 9.84 Å². The highest BCUT2D eigenvalue weighted by Crippen LogP contribution is 2.46. The summed E-state index contributed by atoms with van der Waals surface area (Å²) in [6, 6.07) is 5.42. The molecule has 0 bridgehead atoms. The number of hydrogen-bond acceptors (Lipinski definition) is 5. The highest BCUT2D eigenvalue weighted by atomic mass is 16.5. The van der Waals surface area contributed by atoms with Crippen LogP contribution in [0.4, 0.5) is 11.6 Å². The number of rotatable bonds is 2. The van der Waals surface area contributed by atoms with E-state index in [9.17, 15) is 5.11 Å². The van der Waals surface area contributed by atoms with E-state index in [0.717, 1.165) is 39.7 Å². The third-order valence-corrected chi connectivity index (χ3v) is 4.34. The maximum Gasteiger partial charge on any atom is 0.160 e. The standard InChI is InChI=1S/C16H17N5O2/c1-7-12-14(9-4-5-10(22)11(6-9)23-3)13-8(2)19-21-16(13)17-15(12)20-18-7/h4-6,14,22H,1-3H3,(H3,17,18,19,20,21). The van der Waals surface area contributed by atoms with Crippen molar-refractivity contribution in [1.29, 1.82) is 0 Å². The summed E-state index contributed by atoms with van der Waals surface area (Å²) in [5, 5.41) is 27.9. The zero-order chi connectivity index (χ0) is 16.1. The monoisotopic (exact) mass is 311 g/mol. The lowest BCUT2D eigenvalue weighted by Crippen LogP contribution is -2.14. The molecule has 1 aliphatic heterocycles. The van der Waals surface area contributed by atoms with Gasteiger partial charge in [0.2, 0.25) is 0 Å². The molecule has 0 radical (unpaired) electrons. The summed E-state index contributed by atoms with van der Waals surface area (Å²) in [4.78, 5) is 0. The number of hydrogen-bond donors (Lipinski definition) is 4. The van der Waals surface area contributed by atoms with Crippen molar-refractivity contribution in [2.75, 3.05) is 12.4 Å². The molecule has 0 atom stereocenters. The molecule has 7 nitrogen and oxygen atoms in total. The lowest BCUT2D eigenvalue weighted by molar-refractivity contribution is 0.373. The number of benzene rings is 1. The molecule has 4 N–H and O–H groups in total. The topological polar surface area (TPSA) is 98.9 Å². The molecular weight excluding hydrogens is 294 g/mol. The summed E-state index contributed by atoms with van der Waals surface area (Å²) in [5.41, 5.74) is 5.16. The van der Waals surface area contributed by atoms with Gasteiger partial charge in [-0.25, -0.2) is 0 Å². The number of phenolic OH excluding ortho intramolecular Hbond substituents is 1. The fourth-order valence-corrected chi connectivity index (χ4v) is 3.24. The van der Waals surface area contributed by atoms with Crippen LogP contribution in [0.1, 0.15) is 34.0 Å². The summed E-state index contributed by atoms with van der Waals surface area (Å²) in [6.07, 6.45) is 0. The molecule has 0 amide bonds. The minimum atomic E-state index is -0.0340. The predicted molar refractivity (Wildman–Crippen MR) is 85.5 cm³/mol. The van der Waals surface area contributed by atoms with Crippen molar-refractivity contribution in [2.24, 2.45) is 0 Å². The Morgan fingerprint density at radius 3 is 2.22 bits per heavy atom. The van der Waals surface area contributed by atoms with Gasteiger partial charge in [-0.1, -0.05) is 6.07 Å². The number of anilines is 2. The molecule has 0 spiro atoms. The largest absolute Gasteiger partial charge is 0.504 e. The zero-order valence-corrected chi connectivity index (χ0v) is 13.1. The van der Waals surface area contributed by atoms with Crippen molar-refractivity contribution in [2.45, 2.75) is 19.8 Å². The second kappa shape index (κ2) is 4.77. The Balaban J connectivity index is 1.97. The van der Waals surface area contributed by atoms with E-state index < -0.39 is 0 Å². The molecule has 3 heterocycles. The van der Waals surface area contributed by atoms with Crippen LogP contribution in [0.2, 0.25) is 0 Å². The molecule has 118 valence electrons. The molecule has 0 saturated heterocycles. The van der Waals surface area contributed by atoms with Gasteiger partial charge in [-0.2, -0.15) is 10.2 Å². The quantitative estimate of drug-likeness (QED) is 0.456. The van der Waals surface area contributed by atoms with Gasteiger partial charge in [-0.05, 0) is 31.5 Å². The molecule has 0 fully saturated rings. The van der Waals surface area contributed by atoms with Crippen molar-refractivity contribution in [1.82, 2.24) is 20.4 Å². The highest BCUT2D eigenvalue weighted by Gasteiger charge is 2.34. The lowest BCUT2D eigenvalue weighted by atomic mass is 9.82. The van der Waals surface area contributed by atoms with Crippen LogP contribution >= 0.6 is 0 Å². The van der Waals surface area contributed by atoms with E-state index in [4.69, 9.17) is 4.74 Å². The number of aromatic amines is 2. The van der Waals surface area contributed by atoms with Crippen LogP contribution in [0, 0.1) is 13.8 Å². The second-order valence-electron chi connectivity index (χ2n) is 5.71. The molecular formula is C16H17N5O2. The van der Waals surface area contributed by atoms with Gasteiger partial charge in [0.1, 0.15) is 0 Å². The van der Waals surface area contributed by atoms with E-state index in [1.165, 1.54) is 0 Å². The highest BCUT2D eigenvalue weighted by molar-refractivity contribution is 5.72. The van der Waals surface area contributed by atoms with Crippen molar-refractivity contribution in [3.8, 4) is 11.5 Å². The normalized spacial score (nSPS) is 13.3. The van der Waals surface area contributed by atoms with Gasteiger partial charge < -0.3 is 15.2 Å². The average molecular weight is 311 g/mol. The second-order valence-corrected chi connectivity index (χ2v) is 5.71.